The lowest BCUT2D eigenvalue weighted by atomic mass is 10.1. The predicted molar refractivity (Wildman–Crippen MR) is 105 cm³/mol. The molecule has 0 heterocycles. The van der Waals surface area contributed by atoms with Gasteiger partial charge in [0.2, 0.25) is 0 Å². The fourth-order valence-corrected chi connectivity index (χ4v) is 2.45. The first-order valence-electron chi connectivity index (χ1n) is 8.71. The van der Waals surface area contributed by atoms with E-state index in [4.69, 9.17) is 10.00 Å². The molecule has 2 aromatic rings. The molecule has 0 aliphatic heterocycles. The van der Waals surface area contributed by atoms with Crippen LogP contribution < -0.4 is 15.4 Å². The second-order valence-corrected chi connectivity index (χ2v) is 6.37. The third-order valence-electron chi connectivity index (χ3n) is 3.80. The summed E-state index contributed by atoms with van der Waals surface area (Å²) in [5.74, 6) is 1.61. The summed E-state index contributed by atoms with van der Waals surface area (Å²) in [6.07, 6.45) is 0.129. The first-order valence-corrected chi connectivity index (χ1v) is 8.71. The van der Waals surface area contributed by atoms with E-state index in [0.29, 0.717) is 24.6 Å². The van der Waals surface area contributed by atoms with Gasteiger partial charge in [0.1, 0.15) is 5.75 Å². The molecular formula is C21H26N4O. The van der Waals surface area contributed by atoms with Gasteiger partial charge in [-0.1, -0.05) is 24.3 Å². The summed E-state index contributed by atoms with van der Waals surface area (Å²) >= 11 is 0. The molecule has 0 aliphatic rings. The van der Waals surface area contributed by atoms with Crippen LogP contribution in [0.2, 0.25) is 0 Å². The molecule has 0 saturated carbocycles. The van der Waals surface area contributed by atoms with Gasteiger partial charge < -0.3 is 15.4 Å². The Labute approximate surface area is 155 Å². The third kappa shape index (κ3) is 5.82. The minimum atomic E-state index is 0.129. The predicted octanol–water partition coefficient (Wildman–Crippen LogP) is 3.52. The smallest absolute Gasteiger partial charge is 0.191 e. The van der Waals surface area contributed by atoms with E-state index in [0.717, 1.165) is 16.9 Å². The Morgan fingerprint density at radius 2 is 1.81 bits per heavy atom. The largest absolute Gasteiger partial charge is 0.491 e. The van der Waals surface area contributed by atoms with Crippen LogP contribution in [-0.2, 0) is 13.1 Å². The molecule has 0 amide bonds. The Morgan fingerprint density at radius 1 is 1.12 bits per heavy atom. The Kier molecular flexibility index (Phi) is 7.04. The molecule has 0 aromatic heterocycles. The van der Waals surface area contributed by atoms with Crippen LogP contribution in [0.5, 0.6) is 5.75 Å². The van der Waals surface area contributed by atoms with E-state index in [1.165, 1.54) is 5.56 Å². The lowest BCUT2D eigenvalue weighted by Gasteiger charge is -2.17. The molecule has 0 bridgehead atoms. The minimum Gasteiger partial charge on any atom is -0.491 e. The van der Waals surface area contributed by atoms with Gasteiger partial charge in [-0.15, -0.1) is 0 Å². The molecule has 0 saturated heterocycles. The Bertz CT molecular complexity index is 789. The number of benzene rings is 2. The maximum Gasteiger partial charge on any atom is 0.191 e. The van der Waals surface area contributed by atoms with E-state index in [2.05, 4.69) is 46.8 Å². The SMILES string of the molecule is CN=C(NCc1ccc(C#N)cc1)NCc1ccc(C)cc1OC(C)C. The van der Waals surface area contributed by atoms with Crippen LogP contribution >= 0.6 is 0 Å². The first-order chi connectivity index (χ1) is 12.5. The lowest BCUT2D eigenvalue weighted by molar-refractivity contribution is 0.239. The van der Waals surface area contributed by atoms with E-state index in [-0.39, 0.29) is 6.10 Å². The third-order valence-corrected chi connectivity index (χ3v) is 3.80. The zero-order chi connectivity index (χ0) is 18.9. The Balaban J connectivity index is 1.95. The van der Waals surface area contributed by atoms with Crippen molar-refractivity contribution < 1.29 is 4.74 Å². The number of nitrogens with one attached hydrogen (secondary N) is 2. The van der Waals surface area contributed by atoms with Crippen LogP contribution in [0, 0.1) is 18.3 Å². The highest BCUT2D eigenvalue weighted by Crippen LogP contribution is 2.21. The zero-order valence-electron chi connectivity index (χ0n) is 15.8. The molecule has 5 heteroatoms. The maximum absolute atomic E-state index is 8.85. The summed E-state index contributed by atoms with van der Waals surface area (Å²) in [7, 11) is 1.74. The number of nitrogens with zero attached hydrogens (tertiary/aromatic N) is 2. The second kappa shape index (κ2) is 9.47. The fourth-order valence-electron chi connectivity index (χ4n) is 2.45. The van der Waals surface area contributed by atoms with Gasteiger partial charge in [-0.25, -0.2) is 0 Å². The summed E-state index contributed by atoms with van der Waals surface area (Å²) in [6, 6.07) is 15.8. The van der Waals surface area contributed by atoms with Crippen molar-refractivity contribution in [1.29, 1.82) is 5.26 Å². The molecule has 0 unspecified atom stereocenters. The lowest BCUT2D eigenvalue weighted by Crippen LogP contribution is -2.36. The van der Waals surface area contributed by atoms with Crippen LogP contribution in [-0.4, -0.2) is 19.1 Å². The zero-order valence-corrected chi connectivity index (χ0v) is 15.8. The quantitative estimate of drug-likeness (QED) is 0.618. The first kappa shape index (κ1) is 19.3. The summed E-state index contributed by atoms with van der Waals surface area (Å²) in [5, 5.41) is 15.5. The molecule has 0 atom stereocenters. The Morgan fingerprint density at radius 3 is 2.42 bits per heavy atom. The molecule has 2 aromatic carbocycles. The number of hydrogen-bond acceptors (Lipinski definition) is 3. The molecule has 2 rings (SSSR count). The average Bonchev–Trinajstić information content (AvgIpc) is 2.63. The topological polar surface area (TPSA) is 69.4 Å². The Hall–Kier alpha value is -3.00. The molecule has 0 aliphatic carbocycles. The van der Waals surface area contributed by atoms with Crippen LogP contribution in [0.4, 0.5) is 0 Å². The van der Waals surface area contributed by atoms with Gasteiger partial charge in [0.15, 0.2) is 5.96 Å². The van der Waals surface area contributed by atoms with E-state index < -0.39 is 0 Å². The molecule has 0 fully saturated rings. The van der Waals surface area contributed by atoms with E-state index in [9.17, 15) is 0 Å². The minimum absolute atomic E-state index is 0.129. The van der Waals surface area contributed by atoms with Crippen molar-refractivity contribution >= 4 is 5.96 Å². The fraction of sp³-hybridized carbons (Fsp3) is 0.333. The van der Waals surface area contributed by atoms with Crippen LogP contribution in [0.1, 0.15) is 36.1 Å². The molecule has 0 radical (unpaired) electrons. The van der Waals surface area contributed by atoms with Crippen molar-refractivity contribution in [2.24, 2.45) is 4.99 Å². The second-order valence-electron chi connectivity index (χ2n) is 6.37. The molecule has 2 N–H and O–H groups in total. The van der Waals surface area contributed by atoms with E-state index in [1.54, 1.807) is 7.05 Å². The van der Waals surface area contributed by atoms with Gasteiger partial charge in [-0.3, -0.25) is 4.99 Å². The highest BCUT2D eigenvalue weighted by atomic mass is 16.5. The monoisotopic (exact) mass is 350 g/mol. The standard InChI is InChI=1S/C21H26N4O/c1-15(2)26-20-11-16(3)5-10-19(20)14-25-21(23-4)24-13-18-8-6-17(12-22)7-9-18/h5-11,15H,13-14H2,1-4H3,(H2,23,24,25). The number of guanidine groups is 1. The average molecular weight is 350 g/mol. The highest BCUT2D eigenvalue weighted by molar-refractivity contribution is 5.79. The highest BCUT2D eigenvalue weighted by Gasteiger charge is 2.07. The van der Waals surface area contributed by atoms with Gasteiger partial charge in [-0.2, -0.15) is 5.26 Å². The van der Waals surface area contributed by atoms with Crippen molar-refractivity contribution in [3.63, 3.8) is 0 Å². The summed E-state index contributed by atoms with van der Waals surface area (Å²) in [5.41, 5.74) is 4.01. The van der Waals surface area contributed by atoms with E-state index in [1.807, 2.05) is 38.1 Å². The van der Waals surface area contributed by atoms with E-state index >= 15 is 0 Å². The van der Waals surface area contributed by atoms with Crippen molar-refractivity contribution in [3.8, 4) is 11.8 Å². The number of aliphatic imine (C=N–C) groups is 1. The number of rotatable bonds is 6. The van der Waals surface area contributed by atoms with Crippen LogP contribution in [0.15, 0.2) is 47.5 Å². The van der Waals surface area contributed by atoms with Crippen molar-refractivity contribution in [2.75, 3.05) is 7.05 Å². The molecule has 0 spiro atoms. The van der Waals surface area contributed by atoms with Crippen molar-refractivity contribution in [1.82, 2.24) is 10.6 Å². The van der Waals surface area contributed by atoms with Crippen molar-refractivity contribution in [3.05, 3.63) is 64.7 Å². The van der Waals surface area contributed by atoms with Gasteiger partial charge in [0, 0.05) is 25.7 Å². The van der Waals surface area contributed by atoms with Crippen molar-refractivity contribution in [2.45, 2.75) is 40.0 Å². The van der Waals surface area contributed by atoms with Crippen LogP contribution in [0.3, 0.4) is 0 Å². The summed E-state index contributed by atoms with van der Waals surface area (Å²) < 4.78 is 5.92. The summed E-state index contributed by atoms with van der Waals surface area (Å²) in [6.45, 7) is 7.36. The number of ether oxygens (including phenoxy) is 1. The van der Waals surface area contributed by atoms with Gasteiger partial charge in [0.25, 0.3) is 0 Å². The van der Waals surface area contributed by atoms with Crippen LogP contribution in [0.25, 0.3) is 0 Å². The normalized spacial score (nSPS) is 11.2. The number of aryl methyl sites for hydroxylation is 1. The number of nitriles is 1. The van der Waals surface area contributed by atoms with Gasteiger partial charge >= 0.3 is 0 Å². The molecule has 26 heavy (non-hydrogen) atoms. The molecule has 136 valence electrons. The van der Waals surface area contributed by atoms with Gasteiger partial charge in [0.05, 0.1) is 17.7 Å². The molecular weight excluding hydrogens is 324 g/mol. The maximum atomic E-state index is 8.85. The summed E-state index contributed by atoms with van der Waals surface area (Å²) in [4.78, 5) is 4.26. The number of hydrogen-bond donors (Lipinski definition) is 2. The molecule has 5 nitrogen and oxygen atoms in total. The van der Waals surface area contributed by atoms with Gasteiger partial charge in [-0.05, 0) is 50.1 Å².